The molecule has 0 radical (unpaired) electrons. The minimum atomic E-state index is -0.582. The van der Waals surface area contributed by atoms with Gasteiger partial charge in [0.2, 0.25) is 5.91 Å². The lowest BCUT2D eigenvalue weighted by Gasteiger charge is -2.45. The first kappa shape index (κ1) is 16.7. The van der Waals surface area contributed by atoms with Crippen molar-refractivity contribution < 1.29 is 4.79 Å². The molecule has 0 bridgehead atoms. The molecule has 3 N–H and O–H groups in total. The third kappa shape index (κ3) is 3.58. The molecule has 0 aromatic carbocycles. The number of thiocarbonyl (C=S) groups is 1. The molecule has 2 rings (SSSR count). The lowest BCUT2D eigenvalue weighted by atomic mass is 9.63. The highest BCUT2D eigenvalue weighted by atomic mass is 32.1. The van der Waals surface area contributed by atoms with Gasteiger partial charge in [-0.15, -0.1) is 0 Å². The van der Waals surface area contributed by atoms with Gasteiger partial charge < -0.3 is 11.1 Å². The van der Waals surface area contributed by atoms with E-state index in [1.165, 1.54) is 6.42 Å². The summed E-state index contributed by atoms with van der Waals surface area (Å²) in [4.78, 5) is 13.2. The fourth-order valence-corrected chi connectivity index (χ4v) is 5.13. The molecular formula is C17H30N2OS. The number of carbonyl (C=O) groups excluding carboxylic acids is 1. The number of nitrogens with one attached hydrogen (secondary N) is 1. The quantitative estimate of drug-likeness (QED) is 0.784. The molecule has 3 nitrogen and oxygen atoms in total. The van der Waals surface area contributed by atoms with Gasteiger partial charge in [-0.3, -0.25) is 4.79 Å². The molecule has 4 heteroatoms. The largest absolute Gasteiger partial charge is 0.392 e. The van der Waals surface area contributed by atoms with Gasteiger partial charge >= 0.3 is 0 Å². The molecule has 21 heavy (non-hydrogen) atoms. The second-order valence-corrected chi connectivity index (χ2v) is 9.18. The third-order valence-electron chi connectivity index (χ3n) is 5.25. The van der Waals surface area contributed by atoms with E-state index in [2.05, 4.69) is 33.0 Å². The van der Waals surface area contributed by atoms with Crippen LogP contribution in [-0.2, 0) is 4.79 Å². The Hall–Kier alpha value is -0.640. The van der Waals surface area contributed by atoms with Crippen molar-refractivity contribution >= 4 is 23.1 Å². The van der Waals surface area contributed by atoms with Crippen molar-refractivity contribution in [2.75, 3.05) is 0 Å². The van der Waals surface area contributed by atoms with Crippen LogP contribution in [0.2, 0.25) is 0 Å². The maximum atomic E-state index is 12.8. The molecule has 2 saturated carbocycles. The Labute approximate surface area is 134 Å². The van der Waals surface area contributed by atoms with Crippen LogP contribution in [0.3, 0.4) is 0 Å². The van der Waals surface area contributed by atoms with E-state index in [0.29, 0.717) is 4.99 Å². The Kier molecular flexibility index (Phi) is 4.40. The highest BCUT2D eigenvalue weighted by Gasteiger charge is 2.46. The molecule has 0 aliphatic heterocycles. The maximum absolute atomic E-state index is 12.8. The molecule has 0 aromatic heterocycles. The Morgan fingerprint density at radius 1 is 1.10 bits per heavy atom. The molecule has 0 spiro atoms. The Bertz CT molecular complexity index is 420. The van der Waals surface area contributed by atoms with Crippen LogP contribution in [-0.4, -0.2) is 16.9 Å². The second-order valence-electron chi connectivity index (χ2n) is 8.74. The van der Waals surface area contributed by atoms with Gasteiger partial charge in [-0.05, 0) is 42.9 Å². The summed E-state index contributed by atoms with van der Waals surface area (Å²) in [7, 11) is 0. The van der Waals surface area contributed by atoms with E-state index in [0.717, 1.165) is 38.5 Å². The van der Waals surface area contributed by atoms with Crippen LogP contribution in [0.15, 0.2) is 0 Å². The molecule has 0 atom stereocenters. The zero-order chi connectivity index (χ0) is 15.9. The molecule has 2 aliphatic carbocycles. The molecule has 120 valence electrons. The summed E-state index contributed by atoms with van der Waals surface area (Å²) < 4.78 is 0. The second kappa shape index (κ2) is 5.53. The van der Waals surface area contributed by atoms with Crippen molar-refractivity contribution in [3.05, 3.63) is 0 Å². The Morgan fingerprint density at radius 2 is 1.57 bits per heavy atom. The molecule has 0 saturated heterocycles. The van der Waals surface area contributed by atoms with Crippen LogP contribution in [0.25, 0.3) is 0 Å². The van der Waals surface area contributed by atoms with Gasteiger partial charge in [0, 0.05) is 6.04 Å². The highest BCUT2D eigenvalue weighted by Crippen LogP contribution is 2.46. The molecule has 0 unspecified atom stereocenters. The topological polar surface area (TPSA) is 55.1 Å². The fraction of sp³-hybridized carbons (Fsp3) is 0.882. The van der Waals surface area contributed by atoms with Crippen LogP contribution in [0, 0.1) is 16.2 Å². The molecule has 0 heterocycles. The van der Waals surface area contributed by atoms with Crippen LogP contribution < -0.4 is 11.1 Å². The highest BCUT2D eigenvalue weighted by molar-refractivity contribution is 7.80. The van der Waals surface area contributed by atoms with E-state index >= 15 is 0 Å². The summed E-state index contributed by atoms with van der Waals surface area (Å²) in [5.41, 5.74) is 5.87. The van der Waals surface area contributed by atoms with E-state index < -0.39 is 5.41 Å². The van der Waals surface area contributed by atoms with Gasteiger partial charge in [0.1, 0.15) is 0 Å². The minimum absolute atomic E-state index is 0.0750. The monoisotopic (exact) mass is 310 g/mol. The van der Waals surface area contributed by atoms with Gasteiger partial charge in [0.15, 0.2) is 0 Å². The van der Waals surface area contributed by atoms with E-state index in [1.807, 2.05) is 0 Å². The van der Waals surface area contributed by atoms with Gasteiger partial charge in [-0.1, -0.05) is 52.8 Å². The van der Waals surface area contributed by atoms with Crippen molar-refractivity contribution in [3.8, 4) is 0 Å². The number of amides is 1. The Balaban J connectivity index is 2.10. The maximum Gasteiger partial charge on any atom is 0.233 e. The zero-order valence-corrected chi connectivity index (χ0v) is 14.7. The smallest absolute Gasteiger partial charge is 0.233 e. The van der Waals surface area contributed by atoms with Crippen molar-refractivity contribution in [3.63, 3.8) is 0 Å². The van der Waals surface area contributed by atoms with Crippen molar-refractivity contribution in [1.29, 1.82) is 0 Å². The summed E-state index contributed by atoms with van der Waals surface area (Å²) in [6.45, 7) is 9.19. The predicted molar refractivity (Wildman–Crippen MR) is 91.0 cm³/mol. The summed E-state index contributed by atoms with van der Waals surface area (Å²) >= 11 is 5.22. The fourth-order valence-electron chi connectivity index (χ4n) is 4.84. The SMILES string of the molecule is CC1(C)CC(NC(=O)C2(C(N)=S)CCCC2)CC(C)(C)C1. The molecular weight excluding hydrogens is 280 g/mol. The van der Waals surface area contributed by atoms with E-state index in [4.69, 9.17) is 18.0 Å². The molecule has 2 aliphatic rings. The van der Waals surface area contributed by atoms with E-state index in [9.17, 15) is 4.79 Å². The summed E-state index contributed by atoms with van der Waals surface area (Å²) in [5.74, 6) is 0.0750. The minimum Gasteiger partial charge on any atom is -0.392 e. The van der Waals surface area contributed by atoms with Crippen molar-refractivity contribution in [2.24, 2.45) is 22.0 Å². The summed E-state index contributed by atoms with van der Waals surface area (Å²) in [6, 6.07) is 0.239. The summed E-state index contributed by atoms with van der Waals surface area (Å²) in [6.07, 6.45) is 7.00. The van der Waals surface area contributed by atoms with Gasteiger partial charge in [-0.2, -0.15) is 0 Å². The third-order valence-corrected chi connectivity index (χ3v) is 5.64. The standard InChI is InChI=1S/C17H30N2OS/c1-15(2)9-12(10-16(3,4)11-15)19-14(20)17(13(18)21)7-5-6-8-17/h12H,5-11H2,1-4H3,(H2,18,21)(H,19,20). The van der Waals surface area contributed by atoms with Crippen LogP contribution in [0.1, 0.15) is 72.6 Å². The number of hydrogen-bond acceptors (Lipinski definition) is 2. The normalized spacial score (nSPS) is 27.2. The van der Waals surface area contributed by atoms with Gasteiger partial charge in [0.05, 0.1) is 10.4 Å². The first-order valence-electron chi connectivity index (χ1n) is 8.17. The number of nitrogens with two attached hydrogens (primary N) is 1. The number of rotatable bonds is 3. The first-order chi connectivity index (χ1) is 9.56. The molecule has 0 aromatic rings. The van der Waals surface area contributed by atoms with E-state index in [1.54, 1.807) is 0 Å². The van der Waals surface area contributed by atoms with E-state index in [-0.39, 0.29) is 22.8 Å². The average Bonchev–Trinajstić information content (AvgIpc) is 2.73. The lowest BCUT2D eigenvalue weighted by Crippen LogP contribution is -2.53. The first-order valence-corrected chi connectivity index (χ1v) is 8.58. The molecule has 1 amide bonds. The summed E-state index contributed by atoms with van der Waals surface area (Å²) in [5, 5.41) is 3.29. The van der Waals surface area contributed by atoms with Crippen molar-refractivity contribution in [1.82, 2.24) is 5.32 Å². The van der Waals surface area contributed by atoms with Crippen LogP contribution >= 0.6 is 12.2 Å². The number of carbonyl (C=O) groups is 1. The van der Waals surface area contributed by atoms with Crippen LogP contribution in [0.4, 0.5) is 0 Å². The van der Waals surface area contributed by atoms with Crippen molar-refractivity contribution in [2.45, 2.75) is 78.7 Å². The predicted octanol–water partition coefficient (Wildman–Crippen LogP) is 3.55. The number of hydrogen-bond donors (Lipinski definition) is 2. The van der Waals surface area contributed by atoms with Gasteiger partial charge in [-0.25, -0.2) is 0 Å². The molecule has 2 fully saturated rings. The van der Waals surface area contributed by atoms with Gasteiger partial charge in [0.25, 0.3) is 0 Å². The Morgan fingerprint density at radius 3 is 2.00 bits per heavy atom. The van der Waals surface area contributed by atoms with Crippen LogP contribution in [0.5, 0.6) is 0 Å². The average molecular weight is 311 g/mol. The zero-order valence-electron chi connectivity index (χ0n) is 13.9. The lowest BCUT2D eigenvalue weighted by molar-refractivity contribution is -0.128.